The minimum Gasteiger partial charge on any atom is -0.326 e. The lowest BCUT2D eigenvalue weighted by Crippen LogP contribution is -2.23. The van der Waals surface area contributed by atoms with Gasteiger partial charge >= 0.3 is 0 Å². The number of aromatic nitrogens is 2. The summed E-state index contributed by atoms with van der Waals surface area (Å²) in [6, 6.07) is 13.0. The van der Waals surface area contributed by atoms with Gasteiger partial charge in [-0.25, -0.2) is 4.68 Å². The van der Waals surface area contributed by atoms with Gasteiger partial charge in [-0.3, -0.25) is 9.59 Å². The minimum atomic E-state index is -0.153. The lowest BCUT2D eigenvalue weighted by Gasteiger charge is -2.08. The molecule has 0 radical (unpaired) electrons. The Morgan fingerprint density at radius 1 is 1.15 bits per heavy atom. The summed E-state index contributed by atoms with van der Waals surface area (Å²) in [5.41, 5.74) is 3.76. The zero-order valence-electron chi connectivity index (χ0n) is 14.9. The topological polar surface area (TPSA) is 64.0 Å². The molecule has 0 aliphatic heterocycles. The first kappa shape index (κ1) is 18.1. The number of carbonyl (C=O) groups excluding carboxylic acids is 1. The quantitative estimate of drug-likeness (QED) is 0.716. The van der Waals surface area contributed by atoms with Crippen LogP contribution in [0.5, 0.6) is 0 Å². The first-order valence-electron chi connectivity index (χ1n) is 8.52. The Hall–Kier alpha value is -2.73. The van der Waals surface area contributed by atoms with Crippen LogP contribution in [-0.4, -0.2) is 15.7 Å². The number of anilines is 1. The van der Waals surface area contributed by atoms with Crippen molar-refractivity contribution in [1.29, 1.82) is 0 Å². The van der Waals surface area contributed by atoms with Crippen molar-refractivity contribution in [2.24, 2.45) is 0 Å². The number of hydrogen-bond donors (Lipinski definition) is 1. The van der Waals surface area contributed by atoms with Gasteiger partial charge < -0.3 is 5.32 Å². The summed E-state index contributed by atoms with van der Waals surface area (Å²) in [5, 5.41) is 9.28. The number of aryl methyl sites for hydroxylation is 3. The molecule has 0 saturated heterocycles. The standard InChI is InChI=1S/C20H21N3O2S/c1-14-7-8-16(13-15(14)2)21-19(24)6-3-11-23-20(25)10-9-17(22-23)18-5-4-12-26-18/h4-5,7-10,12-13H,3,6,11H2,1-2H3,(H,21,24). The van der Waals surface area contributed by atoms with Crippen LogP contribution in [0, 0.1) is 13.8 Å². The molecule has 0 saturated carbocycles. The summed E-state index contributed by atoms with van der Waals surface area (Å²) in [6.45, 7) is 4.47. The third kappa shape index (κ3) is 4.46. The molecule has 0 bridgehead atoms. The third-order valence-corrected chi connectivity index (χ3v) is 5.10. The summed E-state index contributed by atoms with van der Waals surface area (Å²) in [7, 11) is 0. The van der Waals surface area contributed by atoms with Crippen LogP contribution in [0.25, 0.3) is 10.6 Å². The highest BCUT2D eigenvalue weighted by Crippen LogP contribution is 2.21. The summed E-state index contributed by atoms with van der Waals surface area (Å²) in [4.78, 5) is 25.1. The second-order valence-corrected chi connectivity index (χ2v) is 7.16. The van der Waals surface area contributed by atoms with Crippen molar-refractivity contribution in [2.75, 3.05) is 5.32 Å². The zero-order valence-corrected chi connectivity index (χ0v) is 15.7. The molecule has 1 amide bonds. The van der Waals surface area contributed by atoms with Crippen molar-refractivity contribution >= 4 is 22.9 Å². The van der Waals surface area contributed by atoms with E-state index in [-0.39, 0.29) is 11.5 Å². The molecule has 3 aromatic rings. The number of thiophene rings is 1. The fourth-order valence-electron chi connectivity index (χ4n) is 2.60. The van der Waals surface area contributed by atoms with Gasteiger partial charge in [-0.05, 0) is 61.0 Å². The van der Waals surface area contributed by atoms with E-state index < -0.39 is 0 Å². The molecule has 0 fully saturated rings. The predicted molar refractivity (Wildman–Crippen MR) is 106 cm³/mol. The summed E-state index contributed by atoms with van der Waals surface area (Å²) < 4.78 is 1.43. The van der Waals surface area contributed by atoms with Crippen LogP contribution in [0.4, 0.5) is 5.69 Å². The Kier molecular flexibility index (Phi) is 5.63. The molecular weight excluding hydrogens is 346 g/mol. The molecule has 2 heterocycles. The summed E-state index contributed by atoms with van der Waals surface area (Å²) in [5.74, 6) is -0.0595. The number of nitrogens with zero attached hydrogens (tertiary/aromatic N) is 2. The molecule has 2 aromatic heterocycles. The number of nitrogens with one attached hydrogen (secondary N) is 1. The van der Waals surface area contributed by atoms with E-state index in [9.17, 15) is 9.59 Å². The second kappa shape index (κ2) is 8.10. The van der Waals surface area contributed by atoms with Gasteiger partial charge in [0.25, 0.3) is 5.56 Å². The van der Waals surface area contributed by atoms with E-state index in [0.29, 0.717) is 19.4 Å². The van der Waals surface area contributed by atoms with Gasteiger partial charge in [0.2, 0.25) is 5.91 Å². The number of rotatable bonds is 6. The zero-order chi connectivity index (χ0) is 18.5. The smallest absolute Gasteiger partial charge is 0.266 e. The maximum Gasteiger partial charge on any atom is 0.266 e. The summed E-state index contributed by atoms with van der Waals surface area (Å²) in [6.07, 6.45) is 0.891. The first-order chi connectivity index (χ1) is 12.5. The van der Waals surface area contributed by atoms with Crippen LogP contribution in [0.1, 0.15) is 24.0 Å². The highest BCUT2D eigenvalue weighted by atomic mass is 32.1. The molecule has 134 valence electrons. The van der Waals surface area contributed by atoms with Crippen molar-refractivity contribution in [1.82, 2.24) is 9.78 Å². The number of benzene rings is 1. The van der Waals surface area contributed by atoms with Crippen molar-refractivity contribution < 1.29 is 4.79 Å². The number of hydrogen-bond acceptors (Lipinski definition) is 4. The average molecular weight is 367 g/mol. The number of amides is 1. The predicted octanol–water partition coefficient (Wildman–Crippen LogP) is 4.01. The number of carbonyl (C=O) groups is 1. The van der Waals surface area contributed by atoms with E-state index in [1.807, 2.05) is 49.6 Å². The van der Waals surface area contributed by atoms with E-state index in [4.69, 9.17) is 0 Å². The third-order valence-electron chi connectivity index (χ3n) is 4.20. The second-order valence-electron chi connectivity index (χ2n) is 6.21. The van der Waals surface area contributed by atoms with Crippen LogP contribution in [-0.2, 0) is 11.3 Å². The fraction of sp³-hybridized carbons (Fsp3) is 0.250. The van der Waals surface area contributed by atoms with Gasteiger partial charge in [0, 0.05) is 24.7 Å². The van der Waals surface area contributed by atoms with Crippen molar-refractivity contribution in [3.8, 4) is 10.6 Å². The van der Waals surface area contributed by atoms with Gasteiger partial charge in [0.05, 0.1) is 4.88 Å². The Morgan fingerprint density at radius 3 is 2.73 bits per heavy atom. The Balaban J connectivity index is 1.57. The molecule has 0 atom stereocenters. The van der Waals surface area contributed by atoms with E-state index in [1.165, 1.54) is 16.3 Å². The lowest BCUT2D eigenvalue weighted by atomic mass is 10.1. The van der Waals surface area contributed by atoms with Crippen LogP contribution in [0.15, 0.2) is 52.6 Å². The molecule has 0 unspecified atom stereocenters. The molecule has 5 nitrogen and oxygen atoms in total. The monoisotopic (exact) mass is 367 g/mol. The van der Waals surface area contributed by atoms with E-state index in [0.717, 1.165) is 21.8 Å². The van der Waals surface area contributed by atoms with Crippen LogP contribution < -0.4 is 10.9 Å². The molecule has 1 aromatic carbocycles. The maximum atomic E-state index is 12.1. The molecule has 26 heavy (non-hydrogen) atoms. The van der Waals surface area contributed by atoms with Crippen molar-refractivity contribution in [3.63, 3.8) is 0 Å². The van der Waals surface area contributed by atoms with E-state index >= 15 is 0 Å². The molecule has 1 N–H and O–H groups in total. The van der Waals surface area contributed by atoms with Crippen LogP contribution in [0.3, 0.4) is 0 Å². The van der Waals surface area contributed by atoms with Gasteiger partial charge in [0.1, 0.15) is 5.69 Å². The normalized spacial score (nSPS) is 10.7. The molecule has 0 aliphatic carbocycles. The van der Waals surface area contributed by atoms with Gasteiger partial charge in [-0.1, -0.05) is 12.1 Å². The Labute approximate surface area is 156 Å². The van der Waals surface area contributed by atoms with Crippen LogP contribution in [0.2, 0.25) is 0 Å². The molecule has 0 aliphatic rings. The summed E-state index contributed by atoms with van der Waals surface area (Å²) >= 11 is 1.58. The van der Waals surface area contributed by atoms with Gasteiger partial charge in [0.15, 0.2) is 0 Å². The fourth-order valence-corrected chi connectivity index (χ4v) is 3.29. The van der Waals surface area contributed by atoms with Crippen LogP contribution >= 0.6 is 11.3 Å². The van der Waals surface area contributed by atoms with Crippen molar-refractivity contribution in [3.05, 3.63) is 69.3 Å². The largest absolute Gasteiger partial charge is 0.326 e. The minimum absolute atomic E-state index is 0.0595. The highest BCUT2D eigenvalue weighted by molar-refractivity contribution is 7.13. The molecule has 0 spiro atoms. The molecular formula is C20H21N3O2S. The lowest BCUT2D eigenvalue weighted by molar-refractivity contribution is -0.116. The highest BCUT2D eigenvalue weighted by Gasteiger charge is 2.07. The molecule has 3 rings (SSSR count). The van der Waals surface area contributed by atoms with E-state index in [1.54, 1.807) is 17.4 Å². The van der Waals surface area contributed by atoms with Crippen molar-refractivity contribution in [2.45, 2.75) is 33.2 Å². The van der Waals surface area contributed by atoms with E-state index in [2.05, 4.69) is 10.4 Å². The molecule has 6 heteroatoms. The first-order valence-corrected chi connectivity index (χ1v) is 9.40. The maximum absolute atomic E-state index is 12.1. The van der Waals surface area contributed by atoms with Gasteiger partial charge in [-0.15, -0.1) is 11.3 Å². The van der Waals surface area contributed by atoms with Gasteiger partial charge in [-0.2, -0.15) is 5.10 Å². The Morgan fingerprint density at radius 2 is 2.00 bits per heavy atom. The average Bonchev–Trinajstić information content (AvgIpc) is 3.14. The Bertz CT molecular complexity index is 961. The SMILES string of the molecule is Cc1ccc(NC(=O)CCCn2nc(-c3cccs3)ccc2=O)cc1C.